The van der Waals surface area contributed by atoms with Crippen molar-refractivity contribution in [1.82, 2.24) is 14.5 Å². The topological polar surface area (TPSA) is 43.9 Å². The fraction of sp³-hybridized carbons (Fsp3) is 0.111. The molecule has 203 valence electrons. The van der Waals surface area contributed by atoms with Gasteiger partial charge in [0.2, 0.25) is 0 Å². The van der Waals surface area contributed by atoms with Crippen molar-refractivity contribution in [3.63, 3.8) is 0 Å². The Balaban J connectivity index is 0.000000145. The van der Waals surface area contributed by atoms with Crippen molar-refractivity contribution < 1.29 is 24.5 Å². The van der Waals surface area contributed by atoms with Crippen LogP contribution >= 0.6 is 0 Å². The molecular formula is C36H27IrN3O-2. The minimum absolute atomic E-state index is 0. The summed E-state index contributed by atoms with van der Waals surface area (Å²) in [7, 11) is 0. The molecule has 7 aromatic rings. The summed E-state index contributed by atoms with van der Waals surface area (Å²) in [5, 5.41) is 2.23. The molecule has 0 spiro atoms. The van der Waals surface area contributed by atoms with Gasteiger partial charge in [-0.3, -0.25) is 4.98 Å². The number of rotatable bonds is 2. The number of benzene rings is 4. The van der Waals surface area contributed by atoms with Crippen molar-refractivity contribution in [2.24, 2.45) is 0 Å². The third-order valence-corrected chi connectivity index (χ3v) is 7.81. The van der Waals surface area contributed by atoms with Gasteiger partial charge in [0.1, 0.15) is 5.58 Å². The molecule has 41 heavy (non-hydrogen) atoms. The maximum Gasteiger partial charge on any atom is 0.120 e. The van der Waals surface area contributed by atoms with Gasteiger partial charge in [0.15, 0.2) is 0 Å². The zero-order valence-electron chi connectivity index (χ0n) is 23.0. The van der Waals surface area contributed by atoms with Gasteiger partial charge in [-0.25, -0.2) is 0 Å². The number of fused-ring (bicyclic) bond motifs is 3. The van der Waals surface area contributed by atoms with Crippen molar-refractivity contribution in [1.29, 1.82) is 0 Å². The molecule has 1 radical (unpaired) electrons. The molecule has 0 bridgehead atoms. The second-order valence-corrected chi connectivity index (χ2v) is 10.6. The first kappa shape index (κ1) is 26.9. The molecule has 0 saturated carbocycles. The van der Waals surface area contributed by atoms with Crippen LogP contribution in [0, 0.1) is 12.1 Å². The summed E-state index contributed by atoms with van der Waals surface area (Å²) in [6.45, 7) is 6.70. The Labute approximate surface area is 252 Å². The van der Waals surface area contributed by atoms with E-state index in [4.69, 9.17) is 9.40 Å². The van der Waals surface area contributed by atoms with Gasteiger partial charge >= 0.3 is 0 Å². The van der Waals surface area contributed by atoms with Gasteiger partial charge in [-0.2, -0.15) is 0 Å². The van der Waals surface area contributed by atoms with Crippen LogP contribution in [0.1, 0.15) is 26.3 Å². The van der Waals surface area contributed by atoms with Crippen LogP contribution in [0.25, 0.3) is 61.7 Å². The Hall–Kier alpha value is -4.31. The maximum atomic E-state index is 5.97. The molecule has 0 atom stereocenters. The van der Waals surface area contributed by atoms with Crippen molar-refractivity contribution in [3.05, 3.63) is 127 Å². The van der Waals surface area contributed by atoms with E-state index in [1.54, 1.807) is 6.20 Å². The fourth-order valence-corrected chi connectivity index (χ4v) is 5.50. The Kier molecular flexibility index (Phi) is 6.94. The SMILES string of the molecule is CC1=Cc2cccc3nc(-c4[c-]cccc4)n(c23)C1(C)C.[Ir].[c-]1ccc2c(oc3ccccc32)c1-c1ccccn1. The monoisotopic (exact) mass is 710 g/mol. The first-order valence-corrected chi connectivity index (χ1v) is 13.4. The minimum Gasteiger partial charge on any atom is -0.501 e. The first-order chi connectivity index (χ1) is 19.5. The van der Waals surface area contributed by atoms with Crippen LogP contribution in [0.15, 0.2) is 113 Å². The molecule has 0 N–H and O–H groups in total. The molecule has 1 aliphatic rings. The Morgan fingerprint density at radius 1 is 0.805 bits per heavy atom. The summed E-state index contributed by atoms with van der Waals surface area (Å²) in [5.41, 5.74) is 9.37. The van der Waals surface area contributed by atoms with E-state index in [0.717, 1.165) is 50.1 Å². The van der Waals surface area contributed by atoms with E-state index < -0.39 is 0 Å². The first-order valence-electron chi connectivity index (χ1n) is 13.4. The van der Waals surface area contributed by atoms with Gasteiger partial charge in [-0.1, -0.05) is 59.5 Å². The average Bonchev–Trinajstić information content (AvgIpc) is 3.58. The zero-order chi connectivity index (χ0) is 27.3. The number of nitrogens with zero attached hydrogens (tertiary/aromatic N) is 3. The largest absolute Gasteiger partial charge is 0.501 e. The smallest absolute Gasteiger partial charge is 0.120 e. The number of pyridine rings is 1. The minimum atomic E-state index is -0.0812. The molecule has 5 heteroatoms. The van der Waals surface area contributed by atoms with E-state index >= 15 is 0 Å². The molecule has 0 fully saturated rings. The third-order valence-electron chi connectivity index (χ3n) is 7.81. The molecule has 1 aliphatic heterocycles. The van der Waals surface area contributed by atoms with Gasteiger partial charge in [0.05, 0.1) is 28.0 Å². The normalized spacial score (nSPS) is 13.4. The van der Waals surface area contributed by atoms with Gasteiger partial charge in [-0.15, -0.1) is 54.1 Å². The number of furan rings is 1. The summed E-state index contributed by atoms with van der Waals surface area (Å²) in [4.78, 5) is 9.26. The summed E-state index contributed by atoms with van der Waals surface area (Å²) >= 11 is 0. The number of para-hydroxylation sites is 2. The van der Waals surface area contributed by atoms with E-state index in [1.165, 1.54) is 16.7 Å². The molecular weight excluding hydrogens is 683 g/mol. The van der Waals surface area contributed by atoms with E-state index in [0.29, 0.717) is 0 Å². The number of hydrogen-bond acceptors (Lipinski definition) is 3. The molecule has 0 unspecified atom stereocenters. The van der Waals surface area contributed by atoms with Crippen LogP contribution in [0.3, 0.4) is 0 Å². The summed E-state index contributed by atoms with van der Waals surface area (Å²) in [5.74, 6) is 0.996. The molecule has 8 rings (SSSR count). The van der Waals surface area contributed by atoms with E-state index in [1.807, 2.05) is 66.7 Å². The summed E-state index contributed by atoms with van der Waals surface area (Å²) in [6, 6.07) is 38.8. The van der Waals surface area contributed by atoms with Crippen LogP contribution in [0.5, 0.6) is 0 Å². The Morgan fingerprint density at radius 2 is 1.63 bits per heavy atom. The molecule has 3 aromatic heterocycles. The maximum absolute atomic E-state index is 5.97. The number of allylic oxidation sites excluding steroid dienone is 1. The number of hydrogen-bond donors (Lipinski definition) is 0. The zero-order valence-corrected chi connectivity index (χ0v) is 25.4. The predicted molar refractivity (Wildman–Crippen MR) is 163 cm³/mol. The molecule has 4 heterocycles. The van der Waals surface area contributed by atoms with Crippen LogP contribution < -0.4 is 0 Å². The van der Waals surface area contributed by atoms with E-state index in [-0.39, 0.29) is 25.6 Å². The molecule has 0 amide bonds. The average molecular weight is 710 g/mol. The van der Waals surface area contributed by atoms with E-state index in [2.05, 4.69) is 78.9 Å². The fourth-order valence-electron chi connectivity index (χ4n) is 5.50. The standard InChI is InChI=1S/C19H17N2.C17H10NO.Ir/c1-13-12-15-10-7-11-16-17(15)21(19(13,2)3)18(20-16)14-8-5-4-6-9-14;1-2-10-16-12(6-1)13-7-5-8-14(17(13)19-16)15-9-3-4-11-18-15;/h4-8,10-12H,1-3H3;1-7,9-11H;/q2*-1;. The second-order valence-electron chi connectivity index (χ2n) is 10.6. The van der Waals surface area contributed by atoms with Crippen LogP contribution in [0.2, 0.25) is 0 Å². The predicted octanol–water partition coefficient (Wildman–Crippen LogP) is 9.10. The van der Waals surface area contributed by atoms with E-state index in [9.17, 15) is 0 Å². The molecule has 4 nitrogen and oxygen atoms in total. The molecule has 0 aliphatic carbocycles. The molecule has 4 aromatic carbocycles. The van der Waals surface area contributed by atoms with Gasteiger partial charge < -0.3 is 14.0 Å². The van der Waals surface area contributed by atoms with Gasteiger partial charge in [0.25, 0.3) is 0 Å². The van der Waals surface area contributed by atoms with Gasteiger partial charge in [0, 0.05) is 31.7 Å². The van der Waals surface area contributed by atoms with Crippen LogP contribution in [-0.2, 0) is 25.6 Å². The third kappa shape index (κ3) is 4.52. The van der Waals surface area contributed by atoms with Crippen molar-refractivity contribution in [3.8, 4) is 22.6 Å². The van der Waals surface area contributed by atoms with Crippen LogP contribution in [-0.4, -0.2) is 14.5 Å². The summed E-state index contributed by atoms with van der Waals surface area (Å²) in [6.07, 6.45) is 4.06. The summed E-state index contributed by atoms with van der Waals surface area (Å²) < 4.78 is 8.33. The molecule has 0 saturated heterocycles. The second kappa shape index (κ2) is 10.6. The number of imidazole rings is 1. The van der Waals surface area contributed by atoms with Crippen molar-refractivity contribution in [2.75, 3.05) is 0 Å². The van der Waals surface area contributed by atoms with Crippen molar-refractivity contribution in [2.45, 2.75) is 26.3 Å². The van der Waals surface area contributed by atoms with Gasteiger partial charge in [-0.05, 0) is 55.8 Å². The van der Waals surface area contributed by atoms with Crippen LogP contribution in [0.4, 0.5) is 0 Å². The number of aromatic nitrogens is 3. The Morgan fingerprint density at radius 3 is 2.44 bits per heavy atom. The van der Waals surface area contributed by atoms with Crippen molar-refractivity contribution >= 4 is 39.0 Å². The Bertz CT molecular complexity index is 2040. The quantitative estimate of drug-likeness (QED) is 0.168.